The molecule has 1 amide bonds. The van der Waals surface area contributed by atoms with Crippen molar-refractivity contribution in [2.45, 2.75) is 32.3 Å². The van der Waals surface area contributed by atoms with E-state index in [0.29, 0.717) is 0 Å². The Balaban J connectivity index is 2.52. The van der Waals surface area contributed by atoms with Gasteiger partial charge in [0.25, 0.3) is 0 Å². The van der Waals surface area contributed by atoms with Crippen LogP contribution < -0.4 is 5.32 Å². The molecule has 0 fully saturated rings. The lowest BCUT2D eigenvalue weighted by molar-refractivity contribution is 0.0340. The Hall–Kier alpha value is -1.51. The summed E-state index contributed by atoms with van der Waals surface area (Å²) in [5, 5.41) is 2.75. The highest BCUT2D eigenvalue weighted by Gasteiger charge is 2.35. The SMILES string of the molecule is CC1c2ccccc2NC(=O)OC1(C)C. The van der Waals surface area contributed by atoms with E-state index in [2.05, 4.69) is 12.2 Å². The first-order chi connectivity index (χ1) is 7.00. The minimum absolute atomic E-state index is 0.174. The fourth-order valence-corrected chi connectivity index (χ4v) is 1.83. The van der Waals surface area contributed by atoms with Crippen molar-refractivity contribution < 1.29 is 9.53 Å². The first kappa shape index (κ1) is 10.0. The van der Waals surface area contributed by atoms with Crippen molar-refractivity contribution >= 4 is 11.8 Å². The number of cyclic esters (lactones) is 1. The van der Waals surface area contributed by atoms with E-state index < -0.39 is 5.60 Å². The first-order valence-electron chi connectivity index (χ1n) is 5.09. The van der Waals surface area contributed by atoms with Crippen LogP contribution in [0.15, 0.2) is 24.3 Å². The summed E-state index contributed by atoms with van der Waals surface area (Å²) in [6.45, 7) is 5.93. The summed E-state index contributed by atoms with van der Waals surface area (Å²) in [5.74, 6) is 0.174. The lowest BCUT2D eigenvalue weighted by Gasteiger charge is -2.29. The topological polar surface area (TPSA) is 38.3 Å². The summed E-state index contributed by atoms with van der Waals surface area (Å²) in [6.07, 6.45) is -0.378. The summed E-state index contributed by atoms with van der Waals surface area (Å²) in [4.78, 5) is 11.5. The number of ether oxygens (including phenoxy) is 1. The Morgan fingerprint density at radius 3 is 2.73 bits per heavy atom. The monoisotopic (exact) mass is 205 g/mol. The average molecular weight is 205 g/mol. The van der Waals surface area contributed by atoms with E-state index >= 15 is 0 Å². The van der Waals surface area contributed by atoms with Gasteiger partial charge in [0, 0.05) is 11.6 Å². The van der Waals surface area contributed by atoms with Crippen molar-refractivity contribution in [3.05, 3.63) is 29.8 Å². The molecule has 3 nitrogen and oxygen atoms in total. The highest BCUT2D eigenvalue weighted by molar-refractivity contribution is 5.87. The predicted molar refractivity (Wildman–Crippen MR) is 59.0 cm³/mol. The van der Waals surface area contributed by atoms with Gasteiger partial charge in [0.2, 0.25) is 0 Å². The van der Waals surface area contributed by atoms with Gasteiger partial charge in [-0.2, -0.15) is 0 Å². The highest BCUT2D eigenvalue weighted by atomic mass is 16.6. The van der Waals surface area contributed by atoms with Crippen molar-refractivity contribution in [2.75, 3.05) is 5.32 Å². The lowest BCUT2D eigenvalue weighted by Crippen LogP contribution is -2.32. The van der Waals surface area contributed by atoms with E-state index in [1.165, 1.54) is 0 Å². The van der Waals surface area contributed by atoms with Crippen LogP contribution in [-0.2, 0) is 4.74 Å². The Morgan fingerprint density at radius 2 is 2.00 bits per heavy atom. The molecule has 0 spiro atoms. The number of nitrogens with one attached hydrogen (secondary N) is 1. The Labute approximate surface area is 89.4 Å². The number of carbonyl (C=O) groups excluding carboxylic acids is 1. The molecule has 1 unspecified atom stereocenters. The maximum absolute atomic E-state index is 11.5. The van der Waals surface area contributed by atoms with Crippen LogP contribution in [0.5, 0.6) is 0 Å². The van der Waals surface area contributed by atoms with Gasteiger partial charge in [-0.1, -0.05) is 25.1 Å². The number of carbonyl (C=O) groups is 1. The fraction of sp³-hybridized carbons (Fsp3) is 0.417. The van der Waals surface area contributed by atoms with Gasteiger partial charge in [0.15, 0.2) is 0 Å². The molecule has 0 aliphatic carbocycles. The van der Waals surface area contributed by atoms with E-state index in [1.54, 1.807) is 0 Å². The second-order valence-corrected chi connectivity index (χ2v) is 4.43. The summed E-state index contributed by atoms with van der Waals surface area (Å²) >= 11 is 0. The molecular weight excluding hydrogens is 190 g/mol. The molecule has 1 atom stereocenters. The maximum atomic E-state index is 11.5. The van der Waals surface area contributed by atoms with Crippen molar-refractivity contribution in [2.24, 2.45) is 0 Å². The average Bonchev–Trinajstić information content (AvgIpc) is 2.23. The molecule has 1 heterocycles. The lowest BCUT2D eigenvalue weighted by atomic mass is 9.85. The van der Waals surface area contributed by atoms with Crippen LogP contribution >= 0.6 is 0 Å². The van der Waals surface area contributed by atoms with Crippen LogP contribution in [0.4, 0.5) is 10.5 Å². The molecule has 80 valence electrons. The smallest absolute Gasteiger partial charge is 0.412 e. The molecule has 1 aromatic rings. The molecule has 1 aliphatic heterocycles. The molecule has 0 radical (unpaired) electrons. The Kier molecular flexibility index (Phi) is 2.18. The zero-order valence-corrected chi connectivity index (χ0v) is 9.20. The molecule has 2 rings (SSSR count). The minimum Gasteiger partial charge on any atom is -0.443 e. The molecule has 1 N–H and O–H groups in total. The third kappa shape index (κ3) is 1.69. The number of fused-ring (bicyclic) bond motifs is 1. The van der Waals surface area contributed by atoms with Gasteiger partial charge in [-0.25, -0.2) is 4.79 Å². The van der Waals surface area contributed by atoms with E-state index in [4.69, 9.17) is 4.74 Å². The van der Waals surface area contributed by atoms with Crippen LogP contribution in [0, 0.1) is 0 Å². The molecule has 1 aromatic carbocycles. The number of anilines is 1. The van der Waals surface area contributed by atoms with Gasteiger partial charge >= 0.3 is 6.09 Å². The summed E-state index contributed by atoms with van der Waals surface area (Å²) in [5.41, 5.74) is 1.49. The molecule has 0 saturated heterocycles. The number of amides is 1. The van der Waals surface area contributed by atoms with Crippen molar-refractivity contribution in [1.29, 1.82) is 0 Å². The maximum Gasteiger partial charge on any atom is 0.412 e. The zero-order valence-electron chi connectivity index (χ0n) is 9.20. The number of benzene rings is 1. The van der Waals surface area contributed by atoms with Gasteiger partial charge < -0.3 is 4.74 Å². The van der Waals surface area contributed by atoms with Crippen molar-refractivity contribution in [3.8, 4) is 0 Å². The van der Waals surface area contributed by atoms with Crippen LogP contribution in [0.2, 0.25) is 0 Å². The second-order valence-electron chi connectivity index (χ2n) is 4.43. The third-order valence-electron chi connectivity index (χ3n) is 3.06. The summed E-state index contributed by atoms with van der Waals surface area (Å²) < 4.78 is 5.34. The quantitative estimate of drug-likeness (QED) is 0.706. The summed E-state index contributed by atoms with van der Waals surface area (Å²) in [7, 11) is 0. The highest BCUT2D eigenvalue weighted by Crippen LogP contribution is 2.37. The number of rotatable bonds is 0. The number of hydrogen-bond acceptors (Lipinski definition) is 2. The van der Waals surface area contributed by atoms with Gasteiger partial charge in [-0.15, -0.1) is 0 Å². The van der Waals surface area contributed by atoms with Crippen LogP contribution in [0.3, 0.4) is 0 Å². The normalized spacial score (nSPS) is 23.4. The molecule has 3 heteroatoms. The van der Waals surface area contributed by atoms with Gasteiger partial charge in [-0.05, 0) is 25.5 Å². The molecule has 0 aromatic heterocycles. The first-order valence-corrected chi connectivity index (χ1v) is 5.09. The zero-order chi connectivity index (χ0) is 11.1. The standard InChI is InChI=1S/C12H15NO2/c1-8-9-6-4-5-7-10(9)13-11(14)15-12(8,2)3/h4-8H,1-3H3,(H,13,14). The Bertz CT molecular complexity index is 398. The second kappa shape index (κ2) is 3.26. The predicted octanol–water partition coefficient (Wildman–Crippen LogP) is 3.13. The number of hydrogen-bond donors (Lipinski definition) is 1. The number of para-hydroxylation sites is 1. The van der Waals surface area contributed by atoms with E-state index in [-0.39, 0.29) is 12.0 Å². The minimum atomic E-state index is -0.476. The van der Waals surface area contributed by atoms with E-state index in [1.807, 2.05) is 38.1 Å². The van der Waals surface area contributed by atoms with Gasteiger partial charge in [-0.3, -0.25) is 5.32 Å². The summed E-state index contributed by atoms with van der Waals surface area (Å²) in [6, 6.07) is 7.80. The Morgan fingerprint density at radius 1 is 1.33 bits per heavy atom. The van der Waals surface area contributed by atoms with Crippen molar-refractivity contribution in [3.63, 3.8) is 0 Å². The van der Waals surface area contributed by atoms with Crippen LogP contribution in [0.25, 0.3) is 0 Å². The van der Waals surface area contributed by atoms with Crippen LogP contribution in [0.1, 0.15) is 32.3 Å². The molecule has 0 bridgehead atoms. The van der Waals surface area contributed by atoms with E-state index in [0.717, 1.165) is 11.3 Å². The molecule has 0 saturated carbocycles. The van der Waals surface area contributed by atoms with Gasteiger partial charge in [0.1, 0.15) is 5.60 Å². The molecule has 1 aliphatic rings. The van der Waals surface area contributed by atoms with Gasteiger partial charge in [0.05, 0.1) is 0 Å². The molecular formula is C12H15NO2. The van der Waals surface area contributed by atoms with Crippen molar-refractivity contribution in [1.82, 2.24) is 0 Å². The largest absolute Gasteiger partial charge is 0.443 e. The third-order valence-corrected chi connectivity index (χ3v) is 3.06. The molecule has 15 heavy (non-hydrogen) atoms. The fourth-order valence-electron chi connectivity index (χ4n) is 1.83. The van der Waals surface area contributed by atoms with Crippen LogP contribution in [-0.4, -0.2) is 11.7 Å². The van der Waals surface area contributed by atoms with E-state index in [9.17, 15) is 4.79 Å².